The van der Waals surface area contributed by atoms with E-state index < -0.39 is 0 Å². The summed E-state index contributed by atoms with van der Waals surface area (Å²) < 4.78 is 0. The molecule has 1 unspecified atom stereocenters. The minimum Gasteiger partial charge on any atom is -0.381 e. The molecule has 0 bridgehead atoms. The van der Waals surface area contributed by atoms with Gasteiger partial charge in [0.2, 0.25) is 0 Å². The van der Waals surface area contributed by atoms with Crippen molar-refractivity contribution in [3.8, 4) is 0 Å². The first-order chi connectivity index (χ1) is 7.09. The van der Waals surface area contributed by atoms with Crippen molar-refractivity contribution in [2.24, 2.45) is 0 Å². The average molecular weight is 204 g/mol. The molecule has 82 valence electrons. The average Bonchev–Trinajstić information content (AvgIpc) is 2.34. The highest BCUT2D eigenvalue weighted by molar-refractivity contribution is 5.75. The van der Waals surface area contributed by atoms with Crippen LogP contribution in [0.4, 0.5) is 11.4 Å². The fraction of sp³-hybridized carbons (Fsp3) is 0.538. The monoisotopic (exact) mass is 204 g/mol. The van der Waals surface area contributed by atoms with E-state index in [-0.39, 0.29) is 0 Å². The van der Waals surface area contributed by atoms with Crippen LogP contribution in [0.5, 0.6) is 0 Å². The molecule has 0 radical (unpaired) electrons. The Hall–Kier alpha value is -1.18. The minimum atomic E-state index is 0.564. The number of aryl methyl sites for hydroxylation is 1. The third kappa shape index (κ3) is 1.81. The molecule has 0 saturated heterocycles. The lowest BCUT2D eigenvalue weighted by Crippen LogP contribution is -2.19. The fourth-order valence-corrected chi connectivity index (χ4v) is 2.13. The molecule has 1 aromatic carbocycles. The molecule has 1 aromatic rings. The van der Waals surface area contributed by atoms with Crippen molar-refractivity contribution in [2.75, 3.05) is 23.8 Å². The van der Waals surface area contributed by atoms with Crippen LogP contribution in [0.3, 0.4) is 0 Å². The van der Waals surface area contributed by atoms with Crippen LogP contribution < -0.4 is 10.2 Å². The Balaban J connectivity index is 2.52. The summed E-state index contributed by atoms with van der Waals surface area (Å²) in [5.74, 6) is 0. The molecule has 15 heavy (non-hydrogen) atoms. The molecular formula is C13H20N2. The number of benzene rings is 1. The van der Waals surface area contributed by atoms with Crippen LogP contribution in [-0.2, 0) is 0 Å². The summed E-state index contributed by atoms with van der Waals surface area (Å²) in [5, 5.41) is 3.62. The van der Waals surface area contributed by atoms with Crippen molar-refractivity contribution in [2.45, 2.75) is 33.2 Å². The predicted molar refractivity (Wildman–Crippen MR) is 66.9 cm³/mol. The maximum absolute atomic E-state index is 3.62. The number of anilines is 2. The van der Waals surface area contributed by atoms with Crippen molar-refractivity contribution < 1.29 is 0 Å². The maximum Gasteiger partial charge on any atom is 0.0612 e. The first-order valence-electron chi connectivity index (χ1n) is 5.67. The minimum absolute atomic E-state index is 0.564. The summed E-state index contributed by atoms with van der Waals surface area (Å²) in [6.07, 6.45) is 1.20. The molecule has 1 heterocycles. The highest BCUT2D eigenvalue weighted by Crippen LogP contribution is 2.33. The van der Waals surface area contributed by atoms with Crippen molar-refractivity contribution in [3.05, 3.63) is 23.3 Å². The molecule has 1 N–H and O–H groups in total. The van der Waals surface area contributed by atoms with Gasteiger partial charge in [-0.1, -0.05) is 6.07 Å². The second-order valence-corrected chi connectivity index (χ2v) is 4.66. The number of fused-ring (bicyclic) bond motifs is 1. The molecule has 2 nitrogen and oxygen atoms in total. The molecule has 0 aliphatic carbocycles. The molecule has 1 aliphatic heterocycles. The Morgan fingerprint density at radius 3 is 2.80 bits per heavy atom. The van der Waals surface area contributed by atoms with E-state index in [4.69, 9.17) is 0 Å². The van der Waals surface area contributed by atoms with E-state index in [1.54, 1.807) is 0 Å². The van der Waals surface area contributed by atoms with E-state index in [1.807, 2.05) is 0 Å². The topological polar surface area (TPSA) is 15.3 Å². The van der Waals surface area contributed by atoms with Crippen LogP contribution in [0.1, 0.15) is 24.5 Å². The highest BCUT2D eigenvalue weighted by atomic mass is 15.1. The van der Waals surface area contributed by atoms with Crippen LogP contribution in [0, 0.1) is 13.8 Å². The first kappa shape index (κ1) is 10.3. The van der Waals surface area contributed by atoms with Gasteiger partial charge in [-0.2, -0.15) is 0 Å². The summed E-state index contributed by atoms with van der Waals surface area (Å²) in [5.41, 5.74) is 5.40. The number of nitrogens with zero attached hydrogens (tertiary/aromatic N) is 1. The molecule has 0 spiro atoms. The zero-order valence-corrected chi connectivity index (χ0v) is 10.1. The van der Waals surface area contributed by atoms with E-state index in [9.17, 15) is 0 Å². The maximum atomic E-state index is 3.62. The van der Waals surface area contributed by atoms with E-state index in [2.05, 4.69) is 50.2 Å². The molecule has 1 aliphatic rings. The van der Waals surface area contributed by atoms with Crippen LogP contribution in [-0.4, -0.2) is 19.6 Å². The first-order valence-corrected chi connectivity index (χ1v) is 5.67. The summed E-state index contributed by atoms with van der Waals surface area (Å²) in [6, 6.07) is 5.00. The van der Waals surface area contributed by atoms with Crippen LogP contribution in [0.15, 0.2) is 12.1 Å². The van der Waals surface area contributed by atoms with Crippen LogP contribution in [0.25, 0.3) is 0 Å². The summed E-state index contributed by atoms with van der Waals surface area (Å²) >= 11 is 0. The Morgan fingerprint density at radius 2 is 2.07 bits per heavy atom. The van der Waals surface area contributed by atoms with Gasteiger partial charge in [0.15, 0.2) is 0 Å². The van der Waals surface area contributed by atoms with Gasteiger partial charge in [-0.05, 0) is 44.4 Å². The largest absolute Gasteiger partial charge is 0.381 e. The van der Waals surface area contributed by atoms with Crippen molar-refractivity contribution in [1.82, 2.24) is 0 Å². The second-order valence-electron chi connectivity index (χ2n) is 4.66. The molecular weight excluding hydrogens is 184 g/mol. The lowest BCUT2D eigenvalue weighted by Gasteiger charge is -2.21. The number of hydrogen-bond donors (Lipinski definition) is 1. The third-order valence-electron chi connectivity index (χ3n) is 3.41. The molecule has 1 atom stereocenters. The smallest absolute Gasteiger partial charge is 0.0612 e. The quantitative estimate of drug-likeness (QED) is 0.699. The summed E-state index contributed by atoms with van der Waals surface area (Å²) in [7, 11) is 2.17. The van der Waals surface area contributed by atoms with Crippen molar-refractivity contribution in [1.29, 1.82) is 0 Å². The lowest BCUT2D eigenvalue weighted by atomic mass is 10.1. The van der Waals surface area contributed by atoms with Gasteiger partial charge in [-0.3, -0.25) is 0 Å². The fourth-order valence-electron chi connectivity index (χ4n) is 2.13. The normalized spacial score (nSPS) is 20.5. The van der Waals surface area contributed by atoms with Gasteiger partial charge in [-0.15, -0.1) is 0 Å². The predicted octanol–water partition coefficient (Wildman–Crippen LogP) is 2.94. The molecule has 0 saturated carbocycles. The second kappa shape index (κ2) is 3.76. The number of hydrogen-bond acceptors (Lipinski definition) is 2. The van der Waals surface area contributed by atoms with Crippen LogP contribution >= 0.6 is 0 Å². The standard InChI is InChI=1S/C13H20N2/c1-9-5-6-12-13(11(9)3)14-10(2)7-8-15(12)4/h5-6,10,14H,7-8H2,1-4H3. The van der Waals surface area contributed by atoms with Gasteiger partial charge in [0.1, 0.15) is 0 Å². The van der Waals surface area contributed by atoms with E-state index in [0.717, 1.165) is 6.54 Å². The van der Waals surface area contributed by atoms with Crippen molar-refractivity contribution >= 4 is 11.4 Å². The Morgan fingerprint density at radius 1 is 1.33 bits per heavy atom. The molecule has 0 aromatic heterocycles. The Bertz CT molecular complexity index is 371. The zero-order valence-electron chi connectivity index (χ0n) is 10.1. The summed E-state index contributed by atoms with van der Waals surface area (Å²) in [4.78, 5) is 2.35. The van der Waals surface area contributed by atoms with Gasteiger partial charge in [-0.25, -0.2) is 0 Å². The zero-order chi connectivity index (χ0) is 11.0. The van der Waals surface area contributed by atoms with Crippen LogP contribution in [0.2, 0.25) is 0 Å². The molecule has 0 fully saturated rings. The van der Waals surface area contributed by atoms with Gasteiger partial charge >= 0.3 is 0 Å². The van der Waals surface area contributed by atoms with E-state index in [1.165, 1.54) is 28.9 Å². The number of nitrogens with one attached hydrogen (secondary N) is 1. The van der Waals surface area contributed by atoms with E-state index in [0.29, 0.717) is 6.04 Å². The lowest BCUT2D eigenvalue weighted by molar-refractivity contribution is 0.711. The van der Waals surface area contributed by atoms with Crippen molar-refractivity contribution in [3.63, 3.8) is 0 Å². The van der Waals surface area contributed by atoms with Gasteiger partial charge in [0.05, 0.1) is 11.4 Å². The Labute approximate surface area is 92.3 Å². The van der Waals surface area contributed by atoms with E-state index >= 15 is 0 Å². The van der Waals surface area contributed by atoms with Gasteiger partial charge in [0, 0.05) is 19.6 Å². The highest BCUT2D eigenvalue weighted by Gasteiger charge is 2.17. The molecule has 2 rings (SSSR count). The van der Waals surface area contributed by atoms with Gasteiger partial charge < -0.3 is 10.2 Å². The third-order valence-corrected chi connectivity index (χ3v) is 3.41. The molecule has 2 heteroatoms. The molecule has 0 amide bonds. The van der Waals surface area contributed by atoms with Gasteiger partial charge in [0.25, 0.3) is 0 Å². The number of rotatable bonds is 0. The SMILES string of the molecule is Cc1ccc2c(c1C)NC(C)CCN2C. The Kier molecular flexibility index (Phi) is 2.59. The summed E-state index contributed by atoms with van der Waals surface area (Å²) in [6.45, 7) is 7.76.